The van der Waals surface area contributed by atoms with Gasteiger partial charge in [-0.2, -0.15) is 0 Å². The molecule has 0 aliphatic rings. The number of carbonyl (C=O) groups is 1. The summed E-state index contributed by atoms with van der Waals surface area (Å²) in [5, 5.41) is 9.50. The Morgan fingerprint density at radius 3 is 2.80 bits per heavy atom. The number of primary amides is 1. The molecular formula is C15H14N2O3. The third-order valence-electron chi connectivity index (χ3n) is 2.70. The minimum atomic E-state index is -0.492. The lowest BCUT2D eigenvalue weighted by atomic mass is 10.2. The second-order valence-electron chi connectivity index (χ2n) is 4.10. The number of ether oxygens (including phenoxy) is 1. The Kier molecular flexibility index (Phi) is 4.00. The number of hydrogen-bond donors (Lipinski definition) is 2. The fraction of sp³-hybridized carbons (Fsp3) is 0.0667. The molecule has 2 aromatic rings. The summed E-state index contributed by atoms with van der Waals surface area (Å²) in [6.45, 7) is 0. The molecule has 0 saturated heterocycles. The molecule has 0 spiro atoms. The summed E-state index contributed by atoms with van der Waals surface area (Å²) in [6, 6.07) is 11.6. The first kappa shape index (κ1) is 13.6. The third kappa shape index (κ3) is 3.14. The summed E-state index contributed by atoms with van der Waals surface area (Å²) < 4.78 is 5.02. The first-order chi connectivity index (χ1) is 9.60. The highest BCUT2D eigenvalue weighted by molar-refractivity contribution is 5.94. The fourth-order valence-corrected chi connectivity index (χ4v) is 1.66. The molecule has 5 heteroatoms. The van der Waals surface area contributed by atoms with E-state index in [4.69, 9.17) is 10.5 Å². The highest BCUT2D eigenvalue weighted by Gasteiger charge is 2.02. The van der Waals surface area contributed by atoms with E-state index in [1.165, 1.54) is 13.2 Å². The smallest absolute Gasteiger partial charge is 0.248 e. The number of phenolic OH excluding ortho intramolecular Hbond substituents is 1. The van der Waals surface area contributed by atoms with Gasteiger partial charge in [0.25, 0.3) is 0 Å². The highest BCUT2D eigenvalue weighted by Crippen LogP contribution is 2.25. The minimum absolute atomic E-state index is 0.0698. The van der Waals surface area contributed by atoms with Gasteiger partial charge in [0.15, 0.2) is 11.5 Å². The summed E-state index contributed by atoms with van der Waals surface area (Å²) in [7, 11) is 1.48. The van der Waals surface area contributed by atoms with Crippen LogP contribution in [0.4, 0.5) is 5.69 Å². The molecule has 0 atom stereocenters. The second kappa shape index (κ2) is 5.88. The molecule has 0 aliphatic carbocycles. The number of carbonyl (C=O) groups excluding carboxylic acids is 1. The molecule has 0 fully saturated rings. The van der Waals surface area contributed by atoms with Gasteiger partial charge in [-0.15, -0.1) is 0 Å². The Morgan fingerprint density at radius 1 is 1.30 bits per heavy atom. The summed E-state index contributed by atoms with van der Waals surface area (Å²) in [5.41, 5.74) is 7.00. The molecule has 0 aliphatic heterocycles. The lowest BCUT2D eigenvalue weighted by Gasteiger charge is -2.03. The molecule has 0 unspecified atom stereocenters. The van der Waals surface area contributed by atoms with Crippen LogP contribution in [0.1, 0.15) is 15.9 Å². The standard InChI is InChI=1S/C15H14N2O3/c1-20-14-7-10(5-6-13(14)18)9-17-12-4-2-3-11(8-12)15(16)19/h2-9,18H,1H3,(H2,16,19). The number of nitrogens with two attached hydrogens (primary N) is 1. The zero-order chi connectivity index (χ0) is 14.5. The number of amides is 1. The van der Waals surface area contributed by atoms with Crippen molar-refractivity contribution in [1.82, 2.24) is 0 Å². The molecule has 0 bridgehead atoms. The zero-order valence-electron chi connectivity index (χ0n) is 10.9. The van der Waals surface area contributed by atoms with Gasteiger partial charge in [-0.1, -0.05) is 6.07 Å². The monoisotopic (exact) mass is 270 g/mol. The van der Waals surface area contributed by atoms with Crippen molar-refractivity contribution in [1.29, 1.82) is 0 Å². The van der Waals surface area contributed by atoms with Gasteiger partial charge in [-0.05, 0) is 42.0 Å². The fourth-order valence-electron chi connectivity index (χ4n) is 1.66. The van der Waals surface area contributed by atoms with Crippen LogP contribution in [-0.4, -0.2) is 24.3 Å². The van der Waals surface area contributed by atoms with Gasteiger partial charge in [0.2, 0.25) is 5.91 Å². The van der Waals surface area contributed by atoms with Crippen molar-refractivity contribution in [2.75, 3.05) is 7.11 Å². The molecule has 20 heavy (non-hydrogen) atoms. The Bertz CT molecular complexity index is 666. The number of hydrogen-bond acceptors (Lipinski definition) is 4. The van der Waals surface area contributed by atoms with Crippen LogP contribution in [0.15, 0.2) is 47.5 Å². The largest absolute Gasteiger partial charge is 0.504 e. The Labute approximate surface area is 116 Å². The zero-order valence-corrected chi connectivity index (χ0v) is 10.9. The molecule has 0 heterocycles. The van der Waals surface area contributed by atoms with Crippen LogP contribution in [0.2, 0.25) is 0 Å². The molecule has 0 saturated carbocycles. The molecule has 5 nitrogen and oxygen atoms in total. The lowest BCUT2D eigenvalue weighted by molar-refractivity contribution is 0.100. The minimum Gasteiger partial charge on any atom is -0.504 e. The topological polar surface area (TPSA) is 84.9 Å². The predicted octanol–water partition coefficient (Wildman–Crippen LogP) is 2.25. The van der Waals surface area contributed by atoms with E-state index >= 15 is 0 Å². The number of phenols is 1. The normalized spacial score (nSPS) is 10.7. The molecule has 2 rings (SSSR count). The third-order valence-corrected chi connectivity index (χ3v) is 2.70. The average molecular weight is 270 g/mol. The van der Waals surface area contributed by atoms with Gasteiger partial charge in [-0.3, -0.25) is 9.79 Å². The van der Waals surface area contributed by atoms with Gasteiger partial charge >= 0.3 is 0 Å². The number of aromatic hydroxyl groups is 1. The summed E-state index contributed by atoms with van der Waals surface area (Å²) in [6.07, 6.45) is 1.61. The maximum Gasteiger partial charge on any atom is 0.248 e. The molecule has 3 N–H and O–H groups in total. The number of aliphatic imine (C=N–C) groups is 1. The first-order valence-corrected chi connectivity index (χ1v) is 5.91. The molecule has 1 amide bonds. The number of nitrogens with zero attached hydrogens (tertiary/aromatic N) is 1. The molecular weight excluding hydrogens is 256 g/mol. The van der Waals surface area contributed by atoms with E-state index in [-0.39, 0.29) is 5.75 Å². The number of methoxy groups -OCH3 is 1. The average Bonchev–Trinajstić information content (AvgIpc) is 2.46. The van der Waals surface area contributed by atoms with Crippen molar-refractivity contribution in [2.45, 2.75) is 0 Å². The van der Waals surface area contributed by atoms with E-state index in [0.717, 1.165) is 5.56 Å². The van der Waals surface area contributed by atoms with Gasteiger partial charge in [0, 0.05) is 11.8 Å². The summed E-state index contributed by atoms with van der Waals surface area (Å²) in [4.78, 5) is 15.3. The Hall–Kier alpha value is -2.82. The van der Waals surface area contributed by atoms with Crippen LogP contribution >= 0.6 is 0 Å². The molecule has 0 aromatic heterocycles. The van der Waals surface area contributed by atoms with Crippen molar-refractivity contribution in [2.24, 2.45) is 10.7 Å². The maximum absolute atomic E-state index is 11.1. The SMILES string of the molecule is COc1cc(C=Nc2cccc(C(N)=O)c2)ccc1O. The van der Waals surface area contributed by atoms with E-state index in [1.54, 1.807) is 42.6 Å². The van der Waals surface area contributed by atoms with E-state index in [1.807, 2.05) is 0 Å². The summed E-state index contributed by atoms with van der Waals surface area (Å²) >= 11 is 0. The van der Waals surface area contributed by atoms with Gasteiger partial charge in [-0.25, -0.2) is 0 Å². The lowest BCUT2D eigenvalue weighted by Crippen LogP contribution is -2.10. The summed E-state index contributed by atoms with van der Waals surface area (Å²) in [5.74, 6) is -0.0476. The predicted molar refractivity (Wildman–Crippen MR) is 76.9 cm³/mol. The van der Waals surface area contributed by atoms with Crippen molar-refractivity contribution in [3.05, 3.63) is 53.6 Å². The molecule has 102 valence electrons. The van der Waals surface area contributed by atoms with Crippen LogP contribution in [0.5, 0.6) is 11.5 Å². The maximum atomic E-state index is 11.1. The Morgan fingerprint density at radius 2 is 2.10 bits per heavy atom. The van der Waals surface area contributed by atoms with Crippen LogP contribution in [0.3, 0.4) is 0 Å². The van der Waals surface area contributed by atoms with Crippen molar-refractivity contribution in [3.63, 3.8) is 0 Å². The first-order valence-electron chi connectivity index (χ1n) is 5.91. The highest BCUT2D eigenvalue weighted by atomic mass is 16.5. The van der Waals surface area contributed by atoms with Gasteiger partial charge < -0.3 is 15.6 Å². The van der Waals surface area contributed by atoms with Crippen LogP contribution in [0.25, 0.3) is 0 Å². The van der Waals surface area contributed by atoms with E-state index in [0.29, 0.717) is 17.0 Å². The van der Waals surface area contributed by atoms with Crippen molar-refractivity contribution in [3.8, 4) is 11.5 Å². The van der Waals surface area contributed by atoms with Crippen LogP contribution in [-0.2, 0) is 0 Å². The van der Waals surface area contributed by atoms with Crippen molar-refractivity contribution >= 4 is 17.8 Å². The molecule has 0 radical (unpaired) electrons. The second-order valence-corrected chi connectivity index (χ2v) is 4.10. The Balaban J connectivity index is 2.25. The van der Waals surface area contributed by atoms with Crippen LogP contribution in [0, 0.1) is 0 Å². The van der Waals surface area contributed by atoms with E-state index < -0.39 is 5.91 Å². The number of rotatable bonds is 4. The van der Waals surface area contributed by atoms with Gasteiger partial charge in [0.05, 0.1) is 12.8 Å². The van der Waals surface area contributed by atoms with Gasteiger partial charge in [0.1, 0.15) is 0 Å². The molecule has 2 aromatic carbocycles. The van der Waals surface area contributed by atoms with Crippen molar-refractivity contribution < 1.29 is 14.6 Å². The van der Waals surface area contributed by atoms with E-state index in [9.17, 15) is 9.90 Å². The van der Waals surface area contributed by atoms with Crippen LogP contribution < -0.4 is 10.5 Å². The quantitative estimate of drug-likeness (QED) is 0.835. The number of benzene rings is 2. The van der Waals surface area contributed by atoms with E-state index in [2.05, 4.69) is 4.99 Å².